The molecule has 2 aromatic heterocycles. The van der Waals surface area contributed by atoms with Gasteiger partial charge in [-0.2, -0.15) is 0 Å². The smallest absolute Gasteiger partial charge is 0.200 e. The Morgan fingerprint density at radius 3 is 2.90 bits per heavy atom. The highest BCUT2D eigenvalue weighted by atomic mass is 19.1. The van der Waals surface area contributed by atoms with Crippen molar-refractivity contribution in [3.05, 3.63) is 41.7 Å². The van der Waals surface area contributed by atoms with Gasteiger partial charge >= 0.3 is 0 Å². The molecule has 3 rings (SSSR count). The normalized spacial score (nSPS) is 12.3. The van der Waals surface area contributed by atoms with Crippen molar-refractivity contribution in [1.29, 1.82) is 0 Å². The van der Waals surface area contributed by atoms with Gasteiger partial charge in [0.1, 0.15) is 5.82 Å². The molecule has 0 saturated carbocycles. The zero-order valence-electron chi connectivity index (χ0n) is 11.5. The van der Waals surface area contributed by atoms with E-state index in [-0.39, 0.29) is 11.8 Å². The summed E-state index contributed by atoms with van der Waals surface area (Å²) >= 11 is 0. The molecule has 0 saturated heterocycles. The van der Waals surface area contributed by atoms with Gasteiger partial charge in [0.05, 0.1) is 13.2 Å². The van der Waals surface area contributed by atoms with Crippen LogP contribution in [0, 0.1) is 5.82 Å². The molecule has 108 valence electrons. The number of benzene rings is 1. The zero-order valence-corrected chi connectivity index (χ0v) is 11.5. The minimum absolute atomic E-state index is 0.133. The number of tetrazole rings is 1. The Bertz CT molecular complexity index is 774. The van der Waals surface area contributed by atoms with E-state index in [1.807, 2.05) is 6.92 Å². The first-order valence-electron chi connectivity index (χ1n) is 6.33. The van der Waals surface area contributed by atoms with Crippen LogP contribution in [0.2, 0.25) is 0 Å². The number of aromatic nitrogens is 5. The molecule has 0 spiro atoms. The van der Waals surface area contributed by atoms with Gasteiger partial charge in [0.15, 0.2) is 17.2 Å². The number of fused-ring (bicyclic) bond motifs is 1. The maximum atomic E-state index is 13.7. The molecule has 0 bridgehead atoms. The number of nitrogens with zero attached hydrogens (tertiary/aromatic N) is 5. The van der Waals surface area contributed by atoms with Gasteiger partial charge in [-0.25, -0.2) is 4.39 Å². The van der Waals surface area contributed by atoms with Crippen molar-refractivity contribution in [2.75, 3.05) is 12.4 Å². The van der Waals surface area contributed by atoms with Crippen LogP contribution in [-0.4, -0.2) is 32.4 Å². The summed E-state index contributed by atoms with van der Waals surface area (Å²) in [5, 5.41) is 18.4. The molecule has 1 N–H and O–H groups in total. The summed E-state index contributed by atoms with van der Waals surface area (Å²) in [5.74, 6) is 0.422. The summed E-state index contributed by atoms with van der Waals surface area (Å²) in [6, 6.07) is 8.22. The van der Waals surface area contributed by atoms with Crippen LogP contribution in [-0.2, 0) is 0 Å². The third kappa shape index (κ3) is 2.60. The van der Waals surface area contributed by atoms with Gasteiger partial charge in [0, 0.05) is 0 Å². The van der Waals surface area contributed by atoms with Crippen LogP contribution >= 0.6 is 0 Å². The third-order valence-electron chi connectivity index (χ3n) is 3.11. The molecule has 0 unspecified atom stereocenters. The Labute approximate surface area is 119 Å². The van der Waals surface area contributed by atoms with Crippen LogP contribution in [0.15, 0.2) is 30.3 Å². The standard InChI is InChI=1S/C13H13FN6O/c1-8(9-3-4-11(21-2)10(14)7-9)15-12-5-6-13-16-18-19-20(13)17-12/h3-8H,1-2H3,(H,15,17)/t8-/m0/s1. The number of rotatable bonds is 4. The van der Waals surface area contributed by atoms with Gasteiger partial charge in [-0.05, 0) is 47.2 Å². The molecule has 0 aliphatic heterocycles. The Kier molecular flexibility index (Phi) is 3.35. The van der Waals surface area contributed by atoms with Crippen LogP contribution in [0.3, 0.4) is 0 Å². The maximum Gasteiger partial charge on any atom is 0.200 e. The lowest BCUT2D eigenvalue weighted by Gasteiger charge is -2.15. The summed E-state index contributed by atoms with van der Waals surface area (Å²) in [7, 11) is 1.44. The zero-order chi connectivity index (χ0) is 14.8. The summed E-state index contributed by atoms with van der Waals surface area (Å²) in [6.07, 6.45) is 0. The molecule has 8 heteroatoms. The number of ether oxygens (including phenoxy) is 1. The van der Waals surface area contributed by atoms with Gasteiger partial charge in [0.25, 0.3) is 0 Å². The first-order chi connectivity index (χ1) is 10.2. The molecule has 2 heterocycles. The SMILES string of the molecule is COc1ccc([C@H](C)Nc2ccc3nnnn3n2)cc1F. The van der Waals surface area contributed by atoms with Crippen LogP contribution in [0.5, 0.6) is 5.75 Å². The van der Waals surface area contributed by atoms with Crippen molar-refractivity contribution in [3.8, 4) is 5.75 Å². The van der Waals surface area contributed by atoms with Crippen molar-refractivity contribution < 1.29 is 9.13 Å². The topological polar surface area (TPSA) is 77.2 Å². The van der Waals surface area contributed by atoms with E-state index in [1.54, 1.807) is 24.3 Å². The van der Waals surface area contributed by atoms with E-state index in [2.05, 4.69) is 25.9 Å². The van der Waals surface area contributed by atoms with Crippen LogP contribution in [0.25, 0.3) is 5.65 Å². The molecule has 0 radical (unpaired) electrons. The summed E-state index contributed by atoms with van der Waals surface area (Å²) in [6.45, 7) is 1.91. The molecule has 0 amide bonds. The highest BCUT2D eigenvalue weighted by Crippen LogP contribution is 2.23. The molecule has 1 atom stereocenters. The van der Waals surface area contributed by atoms with Gasteiger partial charge in [-0.15, -0.1) is 14.8 Å². The molecule has 21 heavy (non-hydrogen) atoms. The molecule has 3 aromatic rings. The van der Waals surface area contributed by atoms with Crippen molar-refractivity contribution in [2.45, 2.75) is 13.0 Å². The van der Waals surface area contributed by atoms with Crippen LogP contribution in [0.1, 0.15) is 18.5 Å². The first kappa shape index (κ1) is 13.2. The number of hydrogen-bond donors (Lipinski definition) is 1. The van der Waals surface area contributed by atoms with Gasteiger partial charge in [-0.3, -0.25) is 0 Å². The second-order valence-corrected chi connectivity index (χ2v) is 4.51. The average Bonchev–Trinajstić information content (AvgIpc) is 2.94. The third-order valence-corrected chi connectivity index (χ3v) is 3.11. The lowest BCUT2D eigenvalue weighted by Crippen LogP contribution is -2.10. The quantitative estimate of drug-likeness (QED) is 0.789. The molecule has 0 aliphatic carbocycles. The van der Waals surface area contributed by atoms with Gasteiger partial charge < -0.3 is 10.1 Å². The summed E-state index contributed by atoms with van der Waals surface area (Å²) in [5.41, 5.74) is 1.34. The number of nitrogens with one attached hydrogen (secondary N) is 1. The van der Waals surface area contributed by atoms with E-state index in [0.29, 0.717) is 11.5 Å². The molecular weight excluding hydrogens is 275 g/mol. The van der Waals surface area contributed by atoms with Crippen molar-refractivity contribution in [3.63, 3.8) is 0 Å². The number of anilines is 1. The number of hydrogen-bond acceptors (Lipinski definition) is 6. The van der Waals surface area contributed by atoms with E-state index in [1.165, 1.54) is 17.8 Å². The fraction of sp³-hybridized carbons (Fsp3) is 0.231. The highest BCUT2D eigenvalue weighted by molar-refractivity contribution is 5.44. The Balaban J connectivity index is 1.81. The number of methoxy groups -OCH3 is 1. The summed E-state index contributed by atoms with van der Waals surface area (Å²) in [4.78, 5) is 0. The van der Waals surface area contributed by atoms with E-state index >= 15 is 0 Å². The molecular formula is C13H13FN6O. The molecule has 7 nitrogen and oxygen atoms in total. The van der Waals surface area contributed by atoms with E-state index in [4.69, 9.17) is 4.74 Å². The number of halogens is 1. The Morgan fingerprint density at radius 2 is 2.14 bits per heavy atom. The van der Waals surface area contributed by atoms with Crippen LogP contribution in [0.4, 0.5) is 10.2 Å². The van der Waals surface area contributed by atoms with Crippen molar-refractivity contribution in [2.24, 2.45) is 0 Å². The minimum Gasteiger partial charge on any atom is -0.494 e. The lowest BCUT2D eigenvalue weighted by atomic mass is 10.1. The Hall–Kier alpha value is -2.77. The predicted octanol–water partition coefficient (Wildman–Crippen LogP) is 1.84. The van der Waals surface area contributed by atoms with Crippen LogP contribution < -0.4 is 10.1 Å². The Morgan fingerprint density at radius 1 is 1.29 bits per heavy atom. The van der Waals surface area contributed by atoms with E-state index in [0.717, 1.165) is 5.56 Å². The monoisotopic (exact) mass is 288 g/mol. The molecule has 1 aromatic carbocycles. The van der Waals surface area contributed by atoms with E-state index in [9.17, 15) is 4.39 Å². The van der Waals surface area contributed by atoms with Crippen molar-refractivity contribution in [1.82, 2.24) is 25.3 Å². The maximum absolute atomic E-state index is 13.7. The van der Waals surface area contributed by atoms with Gasteiger partial charge in [-0.1, -0.05) is 6.07 Å². The second-order valence-electron chi connectivity index (χ2n) is 4.51. The fourth-order valence-corrected chi connectivity index (χ4v) is 1.98. The fourth-order valence-electron chi connectivity index (χ4n) is 1.98. The second kappa shape index (κ2) is 5.31. The summed E-state index contributed by atoms with van der Waals surface area (Å²) < 4.78 is 19.9. The van der Waals surface area contributed by atoms with Gasteiger partial charge in [0.2, 0.25) is 0 Å². The molecule has 0 fully saturated rings. The minimum atomic E-state index is -0.396. The highest BCUT2D eigenvalue weighted by Gasteiger charge is 2.11. The molecule has 0 aliphatic rings. The predicted molar refractivity (Wildman–Crippen MR) is 73.6 cm³/mol. The largest absolute Gasteiger partial charge is 0.494 e. The van der Waals surface area contributed by atoms with E-state index < -0.39 is 5.82 Å². The lowest BCUT2D eigenvalue weighted by molar-refractivity contribution is 0.386. The first-order valence-corrected chi connectivity index (χ1v) is 6.33. The average molecular weight is 288 g/mol. The van der Waals surface area contributed by atoms with Crippen molar-refractivity contribution >= 4 is 11.5 Å².